The SMILES string of the molecule is COc1cc(/C=C/C(=O)C(Cc2ccccc2)(Cc2ccccc2)C(=O)/C=C/c2ccc(OCCCCl)c(OC)c2)ccc1OCCCCl. The lowest BCUT2D eigenvalue weighted by atomic mass is 9.69. The van der Waals surface area contributed by atoms with Gasteiger partial charge in [0.15, 0.2) is 34.6 Å². The highest BCUT2D eigenvalue weighted by atomic mass is 35.5. The number of alkyl halides is 2. The van der Waals surface area contributed by atoms with E-state index in [1.54, 1.807) is 50.6 Å². The maximum absolute atomic E-state index is 14.5. The van der Waals surface area contributed by atoms with Crippen LogP contribution in [0.1, 0.15) is 35.1 Å². The zero-order chi connectivity index (χ0) is 34.9. The van der Waals surface area contributed by atoms with E-state index in [2.05, 4.69) is 0 Å². The Kier molecular flexibility index (Phi) is 14.8. The number of ether oxygens (including phenoxy) is 4. The Morgan fingerprint density at radius 2 is 1.00 bits per heavy atom. The van der Waals surface area contributed by atoms with Crippen LogP contribution in [-0.4, -0.2) is 50.8 Å². The summed E-state index contributed by atoms with van der Waals surface area (Å²) in [5, 5.41) is 0. The van der Waals surface area contributed by atoms with E-state index in [0.29, 0.717) is 60.8 Å². The van der Waals surface area contributed by atoms with Gasteiger partial charge < -0.3 is 18.9 Å². The van der Waals surface area contributed by atoms with Crippen LogP contribution in [-0.2, 0) is 22.4 Å². The van der Waals surface area contributed by atoms with Crippen LogP contribution < -0.4 is 18.9 Å². The molecule has 0 aliphatic heterocycles. The number of rotatable bonds is 20. The van der Waals surface area contributed by atoms with Crippen LogP contribution in [0.5, 0.6) is 23.0 Å². The smallest absolute Gasteiger partial charge is 0.170 e. The molecule has 49 heavy (non-hydrogen) atoms. The van der Waals surface area contributed by atoms with E-state index in [1.165, 1.54) is 12.2 Å². The summed E-state index contributed by atoms with van der Waals surface area (Å²) < 4.78 is 22.7. The van der Waals surface area contributed by atoms with Gasteiger partial charge in [0.05, 0.1) is 27.4 Å². The monoisotopic (exact) mass is 700 g/mol. The Morgan fingerprint density at radius 3 is 1.37 bits per heavy atom. The van der Waals surface area contributed by atoms with Gasteiger partial charge in [-0.25, -0.2) is 0 Å². The number of benzene rings is 4. The molecule has 0 bridgehead atoms. The first kappa shape index (κ1) is 37.3. The van der Waals surface area contributed by atoms with E-state index < -0.39 is 5.41 Å². The highest BCUT2D eigenvalue weighted by Crippen LogP contribution is 2.34. The van der Waals surface area contributed by atoms with E-state index in [-0.39, 0.29) is 24.4 Å². The molecule has 0 aromatic heterocycles. The fourth-order valence-electron chi connectivity index (χ4n) is 5.37. The van der Waals surface area contributed by atoms with E-state index in [9.17, 15) is 9.59 Å². The molecular formula is C41H42Cl2O6. The molecule has 0 fully saturated rings. The highest BCUT2D eigenvalue weighted by molar-refractivity contribution is 6.18. The van der Waals surface area contributed by atoms with Crippen LogP contribution in [0.25, 0.3) is 12.2 Å². The molecule has 0 amide bonds. The van der Waals surface area contributed by atoms with E-state index >= 15 is 0 Å². The summed E-state index contributed by atoms with van der Waals surface area (Å²) >= 11 is 11.6. The van der Waals surface area contributed by atoms with Gasteiger partial charge in [-0.3, -0.25) is 9.59 Å². The molecule has 6 nitrogen and oxygen atoms in total. The third-order valence-electron chi connectivity index (χ3n) is 7.94. The third kappa shape index (κ3) is 10.7. The summed E-state index contributed by atoms with van der Waals surface area (Å²) in [5.74, 6) is 2.63. The molecule has 0 aliphatic rings. The average Bonchev–Trinajstić information content (AvgIpc) is 3.14. The molecule has 4 aromatic rings. The lowest BCUT2D eigenvalue weighted by Crippen LogP contribution is -2.42. The van der Waals surface area contributed by atoms with Crippen LogP contribution in [0.4, 0.5) is 0 Å². The number of halogens is 2. The van der Waals surface area contributed by atoms with Crippen molar-refractivity contribution < 1.29 is 28.5 Å². The molecule has 0 spiro atoms. The lowest BCUT2D eigenvalue weighted by molar-refractivity contribution is -0.135. The van der Waals surface area contributed by atoms with Crippen LogP contribution in [0.3, 0.4) is 0 Å². The minimum atomic E-state index is -1.43. The molecule has 0 unspecified atom stereocenters. The predicted octanol–water partition coefficient (Wildman–Crippen LogP) is 9.06. The Balaban J connectivity index is 1.72. The number of carbonyl (C=O) groups excluding carboxylic acids is 2. The molecule has 0 radical (unpaired) electrons. The van der Waals surface area contributed by atoms with Gasteiger partial charge in [-0.15, -0.1) is 23.2 Å². The van der Waals surface area contributed by atoms with Crippen molar-refractivity contribution in [1.82, 2.24) is 0 Å². The lowest BCUT2D eigenvalue weighted by Gasteiger charge is -2.29. The van der Waals surface area contributed by atoms with Crippen LogP contribution >= 0.6 is 23.2 Å². The standard InChI is InChI=1S/C41H42Cl2O6/c1-46-37-27-31(15-19-35(37)48-25-9-23-42)17-21-39(44)41(29-33-11-5-3-6-12-33,30-34-13-7-4-8-14-34)40(45)22-18-32-16-20-36(38(28-32)47-2)49-26-10-24-43/h3-8,11-22,27-28H,9-10,23-26,29-30H2,1-2H3/b21-17+,22-18+. The summed E-state index contributed by atoms with van der Waals surface area (Å²) in [6.07, 6.45) is 8.25. The van der Waals surface area contributed by atoms with Gasteiger partial charge in [0.25, 0.3) is 0 Å². The Labute approximate surface area is 299 Å². The first-order chi connectivity index (χ1) is 23.9. The number of ketones is 2. The first-order valence-electron chi connectivity index (χ1n) is 16.2. The fraction of sp³-hybridized carbons (Fsp3) is 0.268. The van der Waals surface area contributed by atoms with Crippen LogP contribution in [0.2, 0.25) is 0 Å². The van der Waals surface area contributed by atoms with Gasteiger partial charge in [0.1, 0.15) is 5.41 Å². The van der Waals surface area contributed by atoms with Gasteiger partial charge in [0.2, 0.25) is 0 Å². The molecule has 0 saturated heterocycles. The van der Waals surface area contributed by atoms with Crippen molar-refractivity contribution in [3.63, 3.8) is 0 Å². The third-order valence-corrected chi connectivity index (χ3v) is 8.48. The predicted molar refractivity (Wildman–Crippen MR) is 198 cm³/mol. The normalized spacial score (nSPS) is 11.5. The zero-order valence-corrected chi connectivity index (χ0v) is 29.4. The zero-order valence-electron chi connectivity index (χ0n) is 27.9. The number of methoxy groups -OCH3 is 2. The summed E-state index contributed by atoms with van der Waals surface area (Å²) in [6.45, 7) is 0.924. The van der Waals surface area contributed by atoms with Crippen molar-refractivity contribution in [2.75, 3.05) is 39.2 Å². The van der Waals surface area contributed by atoms with Gasteiger partial charge in [-0.05, 0) is 84.4 Å². The second-order valence-electron chi connectivity index (χ2n) is 11.4. The van der Waals surface area contributed by atoms with Gasteiger partial charge in [-0.2, -0.15) is 0 Å². The van der Waals surface area contributed by atoms with E-state index in [4.69, 9.17) is 42.1 Å². The van der Waals surface area contributed by atoms with E-state index in [0.717, 1.165) is 22.3 Å². The van der Waals surface area contributed by atoms with E-state index in [1.807, 2.05) is 72.8 Å². The van der Waals surface area contributed by atoms with Gasteiger partial charge >= 0.3 is 0 Å². The minimum Gasteiger partial charge on any atom is -0.493 e. The van der Waals surface area contributed by atoms with Crippen LogP contribution in [0.15, 0.2) is 109 Å². The summed E-state index contributed by atoms with van der Waals surface area (Å²) in [6, 6.07) is 30.1. The number of carbonyl (C=O) groups is 2. The molecule has 8 heteroatoms. The van der Waals surface area contributed by atoms with Gasteiger partial charge in [-0.1, -0.05) is 84.9 Å². The highest BCUT2D eigenvalue weighted by Gasteiger charge is 2.43. The van der Waals surface area contributed by atoms with Crippen molar-refractivity contribution in [1.29, 1.82) is 0 Å². The van der Waals surface area contributed by atoms with Crippen molar-refractivity contribution in [3.05, 3.63) is 131 Å². The minimum absolute atomic E-state index is 0.211. The molecule has 4 rings (SSSR count). The molecule has 0 heterocycles. The molecule has 4 aromatic carbocycles. The van der Waals surface area contributed by atoms with Crippen LogP contribution in [0, 0.1) is 5.41 Å². The maximum Gasteiger partial charge on any atom is 0.170 e. The maximum atomic E-state index is 14.5. The molecular weight excluding hydrogens is 659 g/mol. The van der Waals surface area contributed by atoms with Crippen molar-refractivity contribution in [2.24, 2.45) is 5.41 Å². The molecule has 0 atom stereocenters. The van der Waals surface area contributed by atoms with Gasteiger partial charge in [0, 0.05) is 11.8 Å². The summed E-state index contributed by atoms with van der Waals surface area (Å²) in [4.78, 5) is 29.0. The van der Waals surface area contributed by atoms with Crippen molar-refractivity contribution in [2.45, 2.75) is 25.7 Å². The summed E-state index contributed by atoms with van der Waals surface area (Å²) in [5.41, 5.74) is 1.78. The second kappa shape index (κ2) is 19.5. The number of hydrogen-bond donors (Lipinski definition) is 0. The number of hydrogen-bond acceptors (Lipinski definition) is 6. The number of allylic oxidation sites excluding steroid dienone is 2. The summed E-state index contributed by atoms with van der Waals surface area (Å²) in [7, 11) is 3.13. The van der Waals surface area contributed by atoms with Crippen molar-refractivity contribution >= 4 is 46.9 Å². The largest absolute Gasteiger partial charge is 0.493 e. The molecule has 0 aliphatic carbocycles. The Morgan fingerprint density at radius 1 is 0.592 bits per heavy atom. The average molecular weight is 702 g/mol. The molecule has 256 valence electrons. The fourth-order valence-corrected chi connectivity index (χ4v) is 5.59. The quantitative estimate of drug-likeness (QED) is 0.0397. The molecule has 0 saturated carbocycles. The Bertz CT molecular complexity index is 1580. The Hall–Kier alpha value is -4.52. The topological polar surface area (TPSA) is 71.1 Å². The first-order valence-corrected chi connectivity index (χ1v) is 17.3. The van der Waals surface area contributed by atoms with Crippen molar-refractivity contribution in [3.8, 4) is 23.0 Å². The second-order valence-corrected chi connectivity index (χ2v) is 12.2. The molecule has 0 N–H and O–H groups in total.